The topological polar surface area (TPSA) is 96.5 Å². The van der Waals surface area contributed by atoms with Gasteiger partial charge in [0.2, 0.25) is 11.8 Å². The van der Waals surface area contributed by atoms with E-state index in [1.807, 2.05) is 31.2 Å². The minimum Gasteiger partial charge on any atom is -0.495 e. The first kappa shape index (κ1) is 23.9. The number of nitrogens with one attached hydrogen (secondary N) is 3. The third kappa shape index (κ3) is 6.85. The molecule has 3 aromatic rings. The lowest BCUT2D eigenvalue weighted by Crippen LogP contribution is -2.22. The normalized spacial score (nSPS) is 11.2. The Morgan fingerprint density at radius 2 is 1.42 bits per heavy atom. The molecule has 0 saturated heterocycles. The van der Waals surface area contributed by atoms with Gasteiger partial charge in [-0.3, -0.25) is 14.4 Å². The summed E-state index contributed by atoms with van der Waals surface area (Å²) in [5, 5.41) is 8.05. The quantitative estimate of drug-likeness (QED) is 0.408. The number of rotatable bonds is 8. The Morgan fingerprint density at radius 1 is 0.818 bits per heavy atom. The van der Waals surface area contributed by atoms with Gasteiger partial charge in [-0.05, 0) is 67.6 Å². The van der Waals surface area contributed by atoms with E-state index in [4.69, 9.17) is 4.74 Å². The summed E-state index contributed by atoms with van der Waals surface area (Å²) in [6.07, 6.45) is 0. The Morgan fingerprint density at radius 3 is 2.06 bits per heavy atom. The first-order valence-corrected chi connectivity index (χ1v) is 11.1. The van der Waals surface area contributed by atoms with Crippen molar-refractivity contribution in [3.8, 4) is 5.75 Å². The zero-order valence-electron chi connectivity index (χ0n) is 18.5. The van der Waals surface area contributed by atoms with Crippen LogP contribution in [-0.4, -0.2) is 30.1 Å². The van der Waals surface area contributed by atoms with Crippen LogP contribution in [0, 0.1) is 0 Å². The van der Waals surface area contributed by atoms with Crippen LogP contribution in [0.2, 0.25) is 0 Å². The Bertz CT molecular complexity index is 1130. The fourth-order valence-electron chi connectivity index (χ4n) is 2.97. The molecule has 0 heterocycles. The molecule has 0 aliphatic carbocycles. The minimum absolute atomic E-state index is 0.133. The van der Waals surface area contributed by atoms with Crippen molar-refractivity contribution in [3.05, 3.63) is 78.4 Å². The molecule has 0 bridgehead atoms. The van der Waals surface area contributed by atoms with Crippen molar-refractivity contribution < 1.29 is 19.1 Å². The Hall–Kier alpha value is -3.78. The van der Waals surface area contributed by atoms with E-state index in [-0.39, 0.29) is 23.0 Å². The summed E-state index contributed by atoms with van der Waals surface area (Å²) < 4.78 is 5.25. The molecule has 3 rings (SSSR count). The number of carbonyl (C=O) groups excluding carboxylic acids is 3. The molecule has 0 unspecified atom stereocenters. The predicted octanol–water partition coefficient (Wildman–Crippen LogP) is 5.03. The van der Waals surface area contributed by atoms with Crippen LogP contribution in [0.5, 0.6) is 5.75 Å². The van der Waals surface area contributed by atoms with Crippen molar-refractivity contribution in [3.63, 3.8) is 0 Å². The Balaban J connectivity index is 1.55. The van der Waals surface area contributed by atoms with Crippen LogP contribution < -0.4 is 20.7 Å². The number of hydrogen-bond acceptors (Lipinski definition) is 5. The van der Waals surface area contributed by atoms with Gasteiger partial charge in [-0.15, -0.1) is 11.8 Å². The zero-order valence-corrected chi connectivity index (χ0v) is 19.4. The molecule has 0 saturated carbocycles. The lowest BCUT2D eigenvalue weighted by molar-refractivity contribution is -0.115. The monoisotopic (exact) mass is 463 g/mol. The van der Waals surface area contributed by atoms with Gasteiger partial charge in [-0.2, -0.15) is 0 Å². The molecule has 8 heteroatoms. The van der Waals surface area contributed by atoms with Crippen molar-refractivity contribution in [2.75, 3.05) is 23.1 Å². The van der Waals surface area contributed by atoms with Gasteiger partial charge in [-0.1, -0.05) is 12.1 Å². The van der Waals surface area contributed by atoms with E-state index in [2.05, 4.69) is 16.0 Å². The number of hydrogen-bond donors (Lipinski definition) is 3. The van der Waals surface area contributed by atoms with Crippen molar-refractivity contribution in [2.45, 2.75) is 24.0 Å². The maximum atomic E-state index is 12.6. The summed E-state index contributed by atoms with van der Waals surface area (Å²) >= 11 is 1.41. The highest BCUT2D eigenvalue weighted by atomic mass is 32.2. The Kier molecular flexibility index (Phi) is 8.10. The number of carbonyl (C=O) groups is 3. The fourth-order valence-corrected chi connectivity index (χ4v) is 3.84. The van der Waals surface area contributed by atoms with Crippen LogP contribution in [0.4, 0.5) is 17.1 Å². The number of thioether (sulfide) groups is 1. The number of benzene rings is 3. The van der Waals surface area contributed by atoms with E-state index in [1.54, 1.807) is 55.6 Å². The summed E-state index contributed by atoms with van der Waals surface area (Å²) in [6.45, 7) is 3.27. The maximum absolute atomic E-state index is 12.6. The van der Waals surface area contributed by atoms with E-state index in [0.717, 1.165) is 4.90 Å². The van der Waals surface area contributed by atoms with E-state index in [0.29, 0.717) is 28.4 Å². The van der Waals surface area contributed by atoms with Gasteiger partial charge < -0.3 is 20.7 Å². The first-order chi connectivity index (χ1) is 15.9. The van der Waals surface area contributed by atoms with Crippen LogP contribution in [0.25, 0.3) is 0 Å². The van der Waals surface area contributed by atoms with Gasteiger partial charge in [0.05, 0.1) is 18.0 Å². The molecule has 0 aliphatic rings. The summed E-state index contributed by atoms with van der Waals surface area (Å²) in [4.78, 5) is 37.1. The molecule has 0 radical (unpaired) electrons. The number of para-hydroxylation sites is 2. The first-order valence-electron chi connectivity index (χ1n) is 10.3. The number of methoxy groups -OCH3 is 1. The summed E-state index contributed by atoms with van der Waals surface area (Å²) in [7, 11) is 1.54. The lowest BCUT2D eigenvalue weighted by Gasteiger charge is -2.13. The second kappa shape index (κ2) is 11.2. The number of amides is 3. The summed E-state index contributed by atoms with van der Waals surface area (Å²) in [5.41, 5.74) is 2.35. The van der Waals surface area contributed by atoms with E-state index < -0.39 is 0 Å². The van der Waals surface area contributed by atoms with Crippen LogP contribution >= 0.6 is 11.8 Å². The molecule has 1 atom stereocenters. The van der Waals surface area contributed by atoms with E-state index >= 15 is 0 Å². The average molecular weight is 464 g/mol. The third-order valence-electron chi connectivity index (χ3n) is 4.63. The smallest absolute Gasteiger partial charge is 0.255 e. The molecule has 3 N–H and O–H groups in total. The number of ether oxygens (including phenoxy) is 1. The molecule has 0 aromatic heterocycles. The van der Waals surface area contributed by atoms with Gasteiger partial charge in [-0.25, -0.2) is 0 Å². The van der Waals surface area contributed by atoms with Crippen molar-refractivity contribution >= 4 is 46.5 Å². The second-order valence-electron chi connectivity index (χ2n) is 7.19. The van der Waals surface area contributed by atoms with Gasteiger partial charge >= 0.3 is 0 Å². The third-order valence-corrected chi connectivity index (χ3v) is 5.74. The van der Waals surface area contributed by atoms with Crippen LogP contribution in [-0.2, 0) is 9.59 Å². The van der Waals surface area contributed by atoms with Gasteiger partial charge in [0.1, 0.15) is 5.75 Å². The molecule has 3 aromatic carbocycles. The van der Waals surface area contributed by atoms with E-state index in [1.165, 1.54) is 18.7 Å². The molecular formula is C25H25N3O4S. The van der Waals surface area contributed by atoms with Gasteiger partial charge in [0.25, 0.3) is 5.91 Å². The average Bonchev–Trinajstić information content (AvgIpc) is 2.80. The molecule has 7 nitrogen and oxygen atoms in total. The highest BCUT2D eigenvalue weighted by Gasteiger charge is 2.15. The SMILES string of the molecule is COc1ccccc1NC(=O)c1ccc(NC(=O)[C@@H](C)Sc2ccc(NC(C)=O)cc2)cc1. The highest BCUT2D eigenvalue weighted by molar-refractivity contribution is 8.00. The summed E-state index contributed by atoms with van der Waals surface area (Å²) in [5.74, 6) is 0.0126. The molecule has 0 aliphatic heterocycles. The molecule has 170 valence electrons. The van der Waals surface area contributed by atoms with Gasteiger partial charge in [0.15, 0.2) is 0 Å². The molecule has 3 amide bonds. The predicted molar refractivity (Wildman–Crippen MR) is 132 cm³/mol. The fraction of sp³-hybridized carbons (Fsp3) is 0.160. The molecule has 0 spiro atoms. The molecule has 33 heavy (non-hydrogen) atoms. The zero-order chi connectivity index (χ0) is 23.8. The molecular weight excluding hydrogens is 438 g/mol. The molecule has 0 fully saturated rings. The standard InChI is InChI=1S/C25H25N3O4S/c1-16(33-21-14-12-19(13-15-21)26-17(2)29)24(30)27-20-10-8-18(9-11-20)25(31)28-22-6-4-5-7-23(22)32-3/h4-16H,1-3H3,(H,26,29)(H,27,30)(H,28,31)/t16-/m1/s1. The van der Waals surface area contributed by atoms with Gasteiger partial charge in [0, 0.05) is 28.8 Å². The number of anilines is 3. The van der Waals surface area contributed by atoms with Crippen LogP contribution in [0.15, 0.2) is 77.7 Å². The van der Waals surface area contributed by atoms with Crippen LogP contribution in [0.3, 0.4) is 0 Å². The lowest BCUT2D eigenvalue weighted by atomic mass is 10.2. The van der Waals surface area contributed by atoms with Crippen molar-refractivity contribution in [1.82, 2.24) is 0 Å². The van der Waals surface area contributed by atoms with Crippen molar-refractivity contribution in [1.29, 1.82) is 0 Å². The second-order valence-corrected chi connectivity index (χ2v) is 8.60. The minimum atomic E-state index is -0.342. The van der Waals surface area contributed by atoms with Crippen molar-refractivity contribution in [2.24, 2.45) is 0 Å². The maximum Gasteiger partial charge on any atom is 0.255 e. The Labute approximate surface area is 196 Å². The summed E-state index contributed by atoms with van der Waals surface area (Å²) in [6, 6.07) is 21.2. The largest absolute Gasteiger partial charge is 0.495 e. The van der Waals surface area contributed by atoms with E-state index in [9.17, 15) is 14.4 Å². The van der Waals surface area contributed by atoms with Crippen LogP contribution in [0.1, 0.15) is 24.2 Å². The highest BCUT2D eigenvalue weighted by Crippen LogP contribution is 2.26.